The predicted octanol–water partition coefficient (Wildman–Crippen LogP) is 0.804. The van der Waals surface area contributed by atoms with Crippen molar-refractivity contribution in [3.05, 3.63) is 24.0 Å². The average molecular weight is 188 g/mol. The molecular weight excluding hydrogens is 176 g/mol. The first-order valence-electron chi connectivity index (χ1n) is 4.65. The molecule has 0 bridgehead atoms. The SMILES string of the molecule is CC#Cc1ncccc1OC1CNC1. The summed E-state index contributed by atoms with van der Waals surface area (Å²) in [6.07, 6.45) is 2.00. The minimum Gasteiger partial charge on any atom is -0.485 e. The van der Waals surface area contributed by atoms with Crippen molar-refractivity contribution in [2.45, 2.75) is 13.0 Å². The Bertz CT molecular complexity index is 374. The van der Waals surface area contributed by atoms with Crippen LogP contribution in [0.2, 0.25) is 0 Å². The van der Waals surface area contributed by atoms with Gasteiger partial charge in [-0.2, -0.15) is 0 Å². The molecule has 0 aromatic carbocycles. The number of nitrogens with zero attached hydrogens (tertiary/aromatic N) is 1. The minimum absolute atomic E-state index is 0.275. The van der Waals surface area contributed by atoms with E-state index in [1.807, 2.05) is 12.1 Å². The van der Waals surface area contributed by atoms with Crippen LogP contribution in [0.25, 0.3) is 0 Å². The first-order valence-corrected chi connectivity index (χ1v) is 4.65. The third kappa shape index (κ3) is 1.86. The van der Waals surface area contributed by atoms with Gasteiger partial charge in [-0.15, -0.1) is 0 Å². The number of ether oxygens (including phenoxy) is 1. The molecule has 1 aliphatic rings. The Kier molecular flexibility index (Phi) is 2.66. The van der Waals surface area contributed by atoms with Crippen molar-refractivity contribution in [2.24, 2.45) is 0 Å². The molecule has 1 fully saturated rings. The van der Waals surface area contributed by atoms with E-state index >= 15 is 0 Å². The van der Waals surface area contributed by atoms with Crippen molar-refractivity contribution in [3.8, 4) is 17.6 Å². The number of nitrogens with one attached hydrogen (secondary N) is 1. The standard InChI is InChI=1S/C11H12N2O/c1-2-4-10-11(5-3-6-13-10)14-9-7-12-8-9/h3,5-6,9,12H,7-8H2,1H3. The second-order valence-electron chi connectivity index (χ2n) is 3.12. The highest BCUT2D eigenvalue weighted by atomic mass is 16.5. The molecule has 2 rings (SSSR count). The zero-order chi connectivity index (χ0) is 9.80. The maximum Gasteiger partial charge on any atom is 0.155 e. The molecule has 0 amide bonds. The number of pyridine rings is 1. The Hall–Kier alpha value is -1.53. The normalized spacial score (nSPS) is 15.2. The molecule has 0 atom stereocenters. The largest absolute Gasteiger partial charge is 0.485 e. The Morgan fingerprint density at radius 3 is 3.07 bits per heavy atom. The van der Waals surface area contributed by atoms with Gasteiger partial charge in [0.25, 0.3) is 0 Å². The van der Waals surface area contributed by atoms with Gasteiger partial charge < -0.3 is 10.1 Å². The third-order valence-electron chi connectivity index (χ3n) is 2.05. The Balaban J connectivity index is 2.16. The number of hydrogen-bond donors (Lipinski definition) is 1. The molecule has 1 aliphatic heterocycles. The maximum atomic E-state index is 5.71. The van der Waals surface area contributed by atoms with Crippen LogP contribution in [0.3, 0.4) is 0 Å². The van der Waals surface area contributed by atoms with E-state index in [9.17, 15) is 0 Å². The molecule has 0 saturated carbocycles. The van der Waals surface area contributed by atoms with E-state index in [4.69, 9.17) is 4.74 Å². The summed E-state index contributed by atoms with van der Waals surface area (Å²) in [4.78, 5) is 4.16. The molecule has 2 heterocycles. The molecule has 1 aromatic heterocycles. The van der Waals surface area contributed by atoms with Crippen LogP contribution in [-0.4, -0.2) is 24.2 Å². The lowest BCUT2D eigenvalue weighted by atomic mass is 10.2. The Labute approximate surface area is 83.5 Å². The smallest absolute Gasteiger partial charge is 0.155 e. The van der Waals surface area contributed by atoms with Gasteiger partial charge in [0.1, 0.15) is 6.10 Å². The fourth-order valence-electron chi connectivity index (χ4n) is 1.22. The first-order chi connectivity index (χ1) is 6.90. The lowest BCUT2D eigenvalue weighted by Gasteiger charge is -2.27. The van der Waals surface area contributed by atoms with Gasteiger partial charge in [-0.1, -0.05) is 5.92 Å². The highest BCUT2D eigenvalue weighted by Crippen LogP contribution is 2.16. The summed E-state index contributed by atoms with van der Waals surface area (Å²) in [5, 5.41) is 3.15. The molecular formula is C11H12N2O. The fourth-order valence-corrected chi connectivity index (χ4v) is 1.22. The molecule has 0 unspecified atom stereocenters. The van der Waals surface area contributed by atoms with Gasteiger partial charge in [-0.25, -0.2) is 4.98 Å². The van der Waals surface area contributed by atoms with Crippen molar-refractivity contribution in [3.63, 3.8) is 0 Å². The maximum absolute atomic E-state index is 5.71. The number of hydrogen-bond acceptors (Lipinski definition) is 3. The minimum atomic E-state index is 0.275. The van der Waals surface area contributed by atoms with Gasteiger partial charge >= 0.3 is 0 Å². The van der Waals surface area contributed by atoms with E-state index < -0.39 is 0 Å². The molecule has 1 N–H and O–H groups in total. The van der Waals surface area contributed by atoms with Crippen molar-refractivity contribution in [1.29, 1.82) is 0 Å². The van der Waals surface area contributed by atoms with Gasteiger partial charge in [-0.05, 0) is 25.0 Å². The fraction of sp³-hybridized carbons (Fsp3) is 0.364. The third-order valence-corrected chi connectivity index (χ3v) is 2.05. The van der Waals surface area contributed by atoms with Gasteiger partial charge in [0.2, 0.25) is 0 Å². The van der Waals surface area contributed by atoms with Crippen LogP contribution in [0.5, 0.6) is 5.75 Å². The van der Waals surface area contributed by atoms with E-state index in [1.165, 1.54) is 0 Å². The molecule has 72 valence electrons. The van der Waals surface area contributed by atoms with Gasteiger partial charge in [0, 0.05) is 19.3 Å². The van der Waals surface area contributed by atoms with Crippen LogP contribution in [0, 0.1) is 11.8 Å². The molecule has 3 nitrogen and oxygen atoms in total. The van der Waals surface area contributed by atoms with E-state index in [0.29, 0.717) is 0 Å². The molecule has 1 aromatic rings. The zero-order valence-corrected chi connectivity index (χ0v) is 8.08. The van der Waals surface area contributed by atoms with E-state index in [1.54, 1.807) is 13.1 Å². The summed E-state index contributed by atoms with van der Waals surface area (Å²) in [7, 11) is 0. The zero-order valence-electron chi connectivity index (χ0n) is 8.08. The van der Waals surface area contributed by atoms with Crippen molar-refractivity contribution in [2.75, 3.05) is 13.1 Å². The molecule has 1 saturated heterocycles. The van der Waals surface area contributed by atoms with Crippen LogP contribution in [-0.2, 0) is 0 Å². The van der Waals surface area contributed by atoms with Crippen LogP contribution >= 0.6 is 0 Å². The lowest BCUT2D eigenvalue weighted by molar-refractivity contribution is 0.141. The van der Waals surface area contributed by atoms with E-state index in [0.717, 1.165) is 24.5 Å². The quantitative estimate of drug-likeness (QED) is 0.697. The lowest BCUT2D eigenvalue weighted by Crippen LogP contribution is -2.50. The monoisotopic (exact) mass is 188 g/mol. The van der Waals surface area contributed by atoms with Crippen LogP contribution < -0.4 is 10.1 Å². The summed E-state index contributed by atoms with van der Waals surface area (Å²) >= 11 is 0. The highest BCUT2D eigenvalue weighted by Gasteiger charge is 2.19. The summed E-state index contributed by atoms with van der Waals surface area (Å²) in [6, 6.07) is 3.77. The molecule has 3 heteroatoms. The first kappa shape index (κ1) is 9.04. The topological polar surface area (TPSA) is 34.1 Å². The van der Waals surface area contributed by atoms with Crippen molar-refractivity contribution >= 4 is 0 Å². The second kappa shape index (κ2) is 4.12. The second-order valence-corrected chi connectivity index (χ2v) is 3.12. The van der Waals surface area contributed by atoms with Gasteiger partial charge in [0.05, 0.1) is 0 Å². The van der Waals surface area contributed by atoms with Crippen molar-refractivity contribution < 1.29 is 4.74 Å². The summed E-state index contributed by atoms with van der Waals surface area (Å²) in [5.41, 5.74) is 0.724. The van der Waals surface area contributed by atoms with Crippen LogP contribution in [0.4, 0.5) is 0 Å². The molecule has 14 heavy (non-hydrogen) atoms. The number of rotatable bonds is 2. The summed E-state index contributed by atoms with van der Waals surface area (Å²) < 4.78 is 5.71. The van der Waals surface area contributed by atoms with E-state index in [2.05, 4.69) is 22.1 Å². The summed E-state index contributed by atoms with van der Waals surface area (Å²) in [5.74, 6) is 6.53. The average Bonchev–Trinajstić information content (AvgIpc) is 2.14. The predicted molar refractivity (Wildman–Crippen MR) is 54.1 cm³/mol. The van der Waals surface area contributed by atoms with Gasteiger partial charge in [0.15, 0.2) is 11.4 Å². The van der Waals surface area contributed by atoms with Crippen LogP contribution in [0.15, 0.2) is 18.3 Å². The summed E-state index contributed by atoms with van der Waals surface area (Å²) in [6.45, 7) is 3.62. The molecule has 0 aliphatic carbocycles. The number of aromatic nitrogens is 1. The van der Waals surface area contributed by atoms with Gasteiger partial charge in [-0.3, -0.25) is 0 Å². The van der Waals surface area contributed by atoms with E-state index in [-0.39, 0.29) is 6.10 Å². The highest BCUT2D eigenvalue weighted by molar-refractivity contribution is 5.40. The van der Waals surface area contributed by atoms with Crippen LogP contribution in [0.1, 0.15) is 12.6 Å². The molecule has 0 spiro atoms. The molecule has 0 radical (unpaired) electrons. The van der Waals surface area contributed by atoms with Crippen molar-refractivity contribution in [1.82, 2.24) is 10.3 Å². The Morgan fingerprint density at radius 1 is 1.57 bits per heavy atom. The Morgan fingerprint density at radius 2 is 2.43 bits per heavy atom.